The second-order valence-corrected chi connectivity index (χ2v) is 4.12. The van der Waals surface area contributed by atoms with Gasteiger partial charge in [0.25, 0.3) is 0 Å². The summed E-state index contributed by atoms with van der Waals surface area (Å²) in [6, 6.07) is 6.80. The number of hydrogen-bond donors (Lipinski definition) is 1. The van der Waals surface area contributed by atoms with Gasteiger partial charge in [-0.25, -0.2) is 0 Å². The van der Waals surface area contributed by atoms with Crippen LogP contribution in [0.5, 0.6) is 5.75 Å². The average Bonchev–Trinajstić information content (AvgIpc) is 2.29. The SMILES string of the molecule is CCCC(NCC)c1ccc(OC)cc1C. The number of hydrogen-bond acceptors (Lipinski definition) is 2. The van der Waals surface area contributed by atoms with Crippen LogP contribution >= 0.6 is 0 Å². The van der Waals surface area contributed by atoms with Gasteiger partial charge in [-0.1, -0.05) is 26.3 Å². The van der Waals surface area contributed by atoms with E-state index in [-0.39, 0.29) is 0 Å². The zero-order chi connectivity index (χ0) is 12.0. The topological polar surface area (TPSA) is 21.3 Å². The molecule has 1 aromatic carbocycles. The summed E-state index contributed by atoms with van der Waals surface area (Å²) < 4.78 is 5.23. The predicted molar refractivity (Wildman–Crippen MR) is 69.1 cm³/mol. The maximum Gasteiger partial charge on any atom is 0.119 e. The highest BCUT2D eigenvalue weighted by Gasteiger charge is 2.11. The van der Waals surface area contributed by atoms with Crippen molar-refractivity contribution in [3.63, 3.8) is 0 Å². The Labute approximate surface area is 99.0 Å². The Morgan fingerprint density at radius 1 is 1.31 bits per heavy atom. The third-order valence-electron chi connectivity index (χ3n) is 2.88. The number of nitrogens with one attached hydrogen (secondary N) is 1. The van der Waals surface area contributed by atoms with E-state index in [1.54, 1.807) is 7.11 Å². The minimum Gasteiger partial charge on any atom is -0.497 e. The van der Waals surface area contributed by atoms with Gasteiger partial charge in [-0.15, -0.1) is 0 Å². The number of rotatable bonds is 6. The van der Waals surface area contributed by atoms with Crippen molar-refractivity contribution in [3.8, 4) is 5.75 Å². The Kier molecular flexibility index (Phi) is 5.33. The summed E-state index contributed by atoms with van der Waals surface area (Å²) in [6.45, 7) is 7.54. The van der Waals surface area contributed by atoms with Crippen molar-refractivity contribution < 1.29 is 4.74 Å². The molecular weight excluding hydrogens is 198 g/mol. The smallest absolute Gasteiger partial charge is 0.119 e. The monoisotopic (exact) mass is 221 g/mol. The molecule has 2 nitrogen and oxygen atoms in total. The van der Waals surface area contributed by atoms with Crippen LogP contribution in [0.2, 0.25) is 0 Å². The molecule has 1 aromatic rings. The van der Waals surface area contributed by atoms with Gasteiger partial charge in [0.15, 0.2) is 0 Å². The van der Waals surface area contributed by atoms with E-state index in [0.29, 0.717) is 6.04 Å². The second-order valence-electron chi connectivity index (χ2n) is 4.12. The van der Waals surface area contributed by atoms with Crippen LogP contribution in [0, 0.1) is 6.92 Å². The Hall–Kier alpha value is -1.02. The number of ether oxygens (including phenoxy) is 1. The van der Waals surface area contributed by atoms with Gasteiger partial charge < -0.3 is 10.1 Å². The molecule has 0 spiro atoms. The fourth-order valence-electron chi connectivity index (χ4n) is 2.07. The van der Waals surface area contributed by atoms with E-state index < -0.39 is 0 Å². The van der Waals surface area contributed by atoms with E-state index in [2.05, 4.69) is 38.2 Å². The standard InChI is InChI=1S/C14H23NO/c1-5-7-14(15-6-2)13-9-8-12(16-4)10-11(13)3/h8-10,14-15H,5-7H2,1-4H3. The average molecular weight is 221 g/mol. The first-order chi connectivity index (χ1) is 7.72. The molecule has 0 bridgehead atoms. The van der Waals surface area contributed by atoms with Crippen LogP contribution in [-0.2, 0) is 0 Å². The van der Waals surface area contributed by atoms with Crippen LogP contribution in [0.1, 0.15) is 43.9 Å². The van der Waals surface area contributed by atoms with Crippen LogP contribution in [0.25, 0.3) is 0 Å². The summed E-state index contributed by atoms with van der Waals surface area (Å²) >= 11 is 0. The summed E-state index contributed by atoms with van der Waals surface area (Å²) in [6.07, 6.45) is 2.38. The molecular formula is C14H23NO. The van der Waals surface area contributed by atoms with Crippen molar-refractivity contribution in [3.05, 3.63) is 29.3 Å². The lowest BCUT2D eigenvalue weighted by atomic mass is 9.97. The largest absolute Gasteiger partial charge is 0.497 e. The van der Waals surface area contributed by atoms with Crippen molar-refractivity contribution >= 4 is 0 Å². The van der Waals surface area contributed by atoms with E-state index in [0.717, 1.165) is 12.3 Å². The van der Waals surface area contributed by atoms with Gasteiger partial charge in [0.1, 0.15) is 5.75 Å². The lowest BCUT2D eigenvalue weighted by Gasteiger charge is -2.20. The highest BCUT2D eigenvalue weighted by Crippen LogP contribution is 2.25. The van der Waals surface area contributed by atoms with Gasteiger partial charge in [-0.2, -0.15) is 0 Å². The lowest BCUT2D eigenvalue weighted by Crippen LogP contribution is -2.21. The van der Waals surface area contributed by atoms with Crippen molar-refractivity contribution in [2.75, 3.05) is 13.7 Å². The Morgan fingerprint density at radius 2 is 2.06 bits per heavy atom. The minimum atomic E-state index is 0.473. The van der Waals surface area contributed by atoms with Crippen LogP contribution in [0.15, 0.2) is 18.2 Å². The zero-order valence-electron chi connectivity index (χ0n) is 10.8. The second kappa shape index (κ2) is 6.54. The Morgan fingerprint density at radius 3 is 2.56 bits per heavy atom. The molecule has 0 radical (unpaired) electrons. The molecule has 1 unspecified atom stereocenters. The van der Waals surface area contributed by atoms with Gasteiger partial charge in [0.2, 0.25) is 0 Å². The summed E-state index contributed by atoms with van der Waals surface area (Å²) in [7, 11) is 1.71. The molecule has 0 aromatic heterocycles. The molecule has 0 aliphatic carbocycles. The number of methoxy groups -OCH3 is 1. The molecule has 0 saturated heterocycles. The first-order valence-electron chi connectivity index (χ1n) is 6.10. The number of benzene rings is 1. The van der Waals surface area contributed by atoms with Crippen LogP contribution < -0.4 is 10.1 Å². The molecule has 0 aliphatic rings. The highest BCUT2D eigenvalue weighted by atomic mass is 16.5. The van der Waals surface area contributed by atoms with Crippen LogP contribution in [0.3, 0.4) is 0 Å². The normalized spacial score (nSPS) is 12.5. The predicted octanol–water partition coefficient (Wildman–Crippen LogP) is 3.45. The van der Waals surface area contributed by atoms with Crippen molar-refractivity contribution in [2.45, 2.75) is 39.7 Å². The van der Waals surface area contributed by atoms with Crippen LogP contribution in [0.4, 0.5) is 0 Å². The molecule has 90 valence electrons. The summed E-state index contributed by atoms with van der Waals surface area (Å²) in [5.74, 6) is 0.938. The molecule has 0 amide bonds. The third-order valence-corrected chi connectivity index (χ3v) is 2.88. The van der Waals surface area contributed by atoms with Crippen LogP contribution in [-0.4, -0.2) is 13.7 Å². The molecule has 0 saturated carbocycles. The van der Waals surface area contributed by atoms with E-state index in [1.807, 2.05) is 6.07 Å². The van der Waals surface area contributed by atoms with Gasteiger partial charge in [0, 0.05) is 6.04 Å². The molecule has 16 heavy (non-hydrogen) atoms. The van der Waals surface area contributed by atoms with Crippen molar-refractivity contribution in [2.24, 2.45) is 0 Å². The zero-order valence-corrected chi connectivity index (χ0v) is 10.8. The van der Waals surface area contributed by atoms with Crippen molar-refractivity contribution in [1.82, 2.24) is 5.32 Å². The summed E-state index contributed by atoms with van der Waals surface area (Å²) in [5.41, 5.74) is 2.70. The molecule has 0 fully saturated rings. The van der Waals surface area contributed by atoms with Gasteiger partial charge >= 0.3 is 0 Å². The Balaban J connectivity index is 2.90. The highest BCUT2D eigenvalue weighted by molar-refractivity contribution is 5.36. The quantitative estimate of drug-likeness (QED) is 0.794. The van der Waals surface area contributed by atoms with E-state index >= 15 is 0 Å². The van der Waals surface area contributed by atoms with Gasteiger partial charge in [-0.05, 0) is 43.1 Å². The fraction of sp³-hybridized carbons (Fsp3) is 0.571. The maximum atomic E-state index is 5.23. The molecule has 1 N–H and O–H groups in total. The molecule has 2 heteroatoms. The summed E-state index contributed by atoms with van der Waals surface area (Å²) in [4.78, 5) is 0. The summed E-state index contributed by atoms with van der Waals surface area (Å²) in [5, 5.41) is 3.54. The third kappa shape index (κ3) is 3.24. The minimum absolute atomic E-state index is 0.473. The first-order valence-corrected chi connectivity index (χ1v) is 6.10. The van der Waals surface area contributed by atoms with E-state index in [9.17, 15) is 0 Å². The van der Waals surface area contributed by atoms with Crippen molar-refractivity contribution in [1.29, 1.82) is 0 Å². The fourth-order valence-corrected chi connectivity index (χ4v) is 2.07. The molecule has 0 heterocycles. The van der Waals surface area contributed by atoms with Gasteiger partial charge in [0.05, 0.1) is 7.11 Å². The lowest BCUT2D eigenvalue weighted by molar-refractivity contribution is 0.413. The Bertz CT molecular complexity index is 317. The van der Waals surface area contributed by atoms with E-state index in [1.165, 1.54) is 24.0 Å². The molecule has 1 atom stereocenters. The molecule has 1 rings (SSSR count). The van der Waals surface area contributed by atoms with E-state index in [4.69, 9.17) is 4.74 Å². The maximum absolute atomic E-state index is 5.23. The van der Waals surface area contributed by atoms with Gasteiger partial charge in [-0.3, -0.25) is 0 Å². The first kappa shape index (κ1) is 13.0. The number of aryl methyl sites for hydroxylation is 1. The molecule has 0 aliphatic heterocycles.